The van der Waals surface area contributed by atoms with Crippen molar-refractivity contribution in [1.29, 1.82) is 0 Å². The van der Waals surface area contributed by atoms with E-state index in [1.807, 2.05) is 0 Å². The van der Waals surface area contributed by atoms with Gasteiger partial charge in [0, 0.05) is 13.1 Å². The van der Waals surface area contributed by atoms with Crippen LogP contribution >= 0.6 is 0 Å². The maximum atomic E-state index is 5.75. The fraction of sp³-hybridized carbons (Fsp3) is 0.625. The van der Waals surface area contributed by atoms with E-state index in [9.17, 15) is 0 Å². The first-order valence-electron chi connectivity index (χ1n) is 7.38. The van der Waals surface area contributed by atoms with Crippen molar-refractivity contribution >= 4 is 0 Å². The van der Waals surface area contributed by atoms with Crippen LogP contribution in [0.15, 0.2) is 24.3 Å². The lowest BCUT2D eigenvalue weighted by Gasteiger charge is -2.17. The SMILES string of the molecule is CCNCc1cccc(COCCN(CC)CC)c1. The van der Waals surface area contributed by atoms with Gasteiger partial charge in [-0.2, -0.15) is 0 Å². The smallest absolute Gasteiger partial charge is 0.0717 e. The Labute approximate surface area is 118 Å². The Hall–Kier alpha value is -0.900. The predicted molar refractivity (Wildman–Crippen MR) is 81.3 cm³/mol. The zero-order chi connectivity index (χ0) is 13.9. The number of nitrogens with one attached hydrogen (secondary N) is 1. The summed E-state index contributed by atoms with van der Waals surface area (Å²) < 4.78 is 5.75. The van der Waals surface area contributed by atoms with Crippen molar-refractivity contribution in [3.8, 4) is 0 Å². The first kappa shape index (κ1) is 16.2. The molecule has 1 N–H and O–H groups in total. The first-order chi connectivity index (χ1) is 9.30. The van der Waals surface area contributed by atoms with Gasteiger partial charge in [-0.25, -0.2) is 0 Å². The summed E-state index contributed by atoms with van der Waals surface area (Å²) in [4.78, 5) is 2.38. The Morgan fingerprint density at radius 1 is 1.11 bits per heavy atom. The molecule has 19 heavy (non-hydrogen) atoms. The molecular weight excluding hydrogens is 236 g/mol. The molecule has 0 spiro atoms. The van der Waals surface area contributed by atoms with Crippen LogP contribution in [0.2, 0.25) is 0 Å². The van der Waals surface area contributed by atoms with Crippen molar-refractivity contribution in [2.24, 2.45) is 0 Å². The topological polar surface area (TPSA) is 24.5 Å². The molecular formula is C16H28N2O. The zero-order valence-corrected chi connectivity index (χ0v) is 12.6. The molecule has 0 aromatic heterocycles. The summed E-state index contributed by atoms with van der Waals surface area (Å²) in [5.74, 6) is 0. The van der Waals surface area contributed by atoms with E-state index in [0.717, 1.165) is 39.3 Å². The Kier molecular flexibility index (Phi) is 8.47. The van der Waals surface area contributed by atoms with Gasteiger partial charge >= 0.3 is 0 Å². The molecule has 1 aromatic rings. The molecule has 0 bridgehead atoms. The lowest BCUT2D eigenvalue weighted by molar-refractivity contribution is 0.0956. The molecule has 0 saturated carbocycles. The minimum Gasteiger partial charge on any atom is -0.375 e. The fourth-order valence-corrected chi connectivity index (χ4v) is 2.02. The largest absolute Gasteiger partial charge is 0.375 e. The van der Waals surface area contributed by atoms with E-state index in [0.29, 0.717) is 6.61 Å². The third kappa shape index (κ3) is 6.71. The lowest BCUT2D eigenvalue weighted by atomic mass is 10.1. The second kappa shape index (κ2) is 9.96. The Balaban J connectivity index is 2.28. The van der Waals surface area contributed by atoms with Crippen molar-refractivity contribution in [3.63, 3.8) is 0 Å². The molecule has 108 valence electrons. The Morgan fingerprint density at radius 3 is 2.53 bits per heavy atom. The van der Waals surface area contributed by atoms with Crippen molar-refractivity contribution in [2.75, 3.05) is 32.8 Å². The van der Waals surface area contributed by atoms with Crippen LogP contribution in [-0.4, -0.2) is 37.7 Å². The summed E-state index contributed by atoms with van der Waals surface area (Å²) in [5, 5.41) is 3.34. The molecule has 0 atom stereocenters. The number of hydrogen-bond acceptors (Lipinski definition) is 3. The fourth-order valence-electron chi connectivity index (χ4n) is 2.02. The van der Waals surface area contributed by atoms with Gasteiger partial charge in [0.1, 0.15) is 0 Å². The minimum absolute atomic E-state index is 0.710. The molecule has 0 unspecified atom stereocenters. The molecule has 0 fully saturated rings. The molecule has 0 heterocycles. The van der Waals surface area contributed by atoms with Gasteiger partial charge in [0.2, 0.25) is 0 Å². The predicted octanol–water partition coefficient (Wildman–Crippen LogP) is 2.65. The van der Waals surface area contributed by atoms with E-state index in [-0.39, 0.29) is 0 Å². The number of rotatable bonds is 10. The normalized spacial score (nSPS) is 11.2. The van der Waals surface area contributed by atoms with Gasteiger partial charge < -0.3 is 15.0 Å². The summed E-state index contributed by atoms with van der Waals surface area (Å²) in [6, 6.07) is 8.62. The Bertz CT molecular complexity index is 337. The zero-order valence-electron chi connectivity index (χ0n) is 12.6. The second-order valence-electron chi connectivity index (χ2n) is 4.68. The number of hydrogen-bond donors (Lipinski definition) is 1. The summed E-state index contributed by atoms with van der Waals surface area (Å²) >= 11 is 0. The molecule has 0 radical (unpaired) electrons. The van der Waals surface area contributed by atoms with Crippen LogP contribution in [0.4, 0.5) is 0 Å². The number of ether oxygens (including phenoxy) is 1. The molecule has 0 aliphatic carbocycles. The summed E-state index contributed by atoms with van der Waals surface area (Å²) in [6.07, 6.45) is 0. The van der Waals surface area contributed by atoms with Crippen LogP contribution < -0.4 is 5.32 Å². The van der Waals surface area contributed by atoms with Crippen LogP contribution in [0.5, 0.6) is 0 Å². The van der Waals surface area contributed by atoms with Crippen molar-refractivity contribution in [3.05, 3.63) is 35.4 Å². The molecule has 3 nitrogen and oxygen atoms in total. The van der Waals surface area contributed by atoms with Crippen LogP contribution in [0.3, 0.4) is 0 Å². The van der Waals surface area contributed by atoms with E-state index in [2.05, 4.69) is 55.3 Å². The van der Waals surface area contributed by atoms with Crippen LogP contribution in [-0.2, 0) is 17.9 Å². The van der Waals surface area contributed by atoms with Crippen molar-refractivity contribution in [2.45, 2.75) is 33.9 Å². The second-order valence-corrected chi connectivity index (χ2v) is 4.68. The highest BCUT2D eigenvalue weighted by Crippen LogP contribution is 2.06. The van der Waals surface area contributed by atoms with Crippen LogP contribution in [0, 0.1) is 0 Å². The molecule has 0 aliphatic rings. The van der Waals surface area contributed by atoms with Gasteiger partial charge in [-0.3, -0.25) is 0 Å². The average Bonchev–Trinajstić information content (AvgIpc) is 2.46. The highest BCUT2D eigenvalue weighted by molar-refractivity contribution is 5.22. The number of benzene rings is 1. The van der Waals surface area contributed by atoms with Gasteiger partial charge in [0.15, 0.2) is 0 Å². The molecule has 3 heteroatoms. The highest BCUT2D eigenvalue weighted by Gasteiger charge is 2.00. The van der Waals surface area contributed by atoms with Crippen molar-refractivity contribution in [1.82, 2.24) is 10.2 Å². The number of likely N-dealkylation sites (N-methyl/N-ethyl adjacent to an activating group) is 1. The molecule has 1 rings (SSSR count). The number of nitrogens with zero attached hydrogens (tertiary/aromatic N) is 1. The quantitative estimate of drug-likeness (QED) is 0.658. The highest BCUT2D eigenvalue weighted by atomic mass is 16.5. The van der Waals surface area contributed by atoms with E-state index >= 15 is 0 Å². The molecule has 0 aliphatic heterocycles. The maximum Gasteiger partial charge on any atom is 0.0717 e. The van der Waals surface area contributed by atoms with Crippen LogP contribution in [0.1, 0.15) is 31.9 Å². The summed E-state index contributed by atoms with van der Waals surface area (Å²) in [5.41, 5.74) is 2.58. The van der Waals surface area contributed by atoms with E-state index in [4.69, 9.17) is 4.74 Å². The van der Waals surface area contributed by atoms with Gasteiger partial charge in [0.25, 0.3) is 0 Å². The van der Waals surface area contributed by atoms with Crippen molar-refractivity contribution < 1.29 is 4.74 Å². The van der Waals surface area contributed by atoms with E-state index < -0.39 is 0 Å². The van der Waals surface area contributed by atoms with E-state index in [1.54, 1.807) is 0 Å². The molecule has 0 amide bonds. The maximum absolute atomic E-state index is 5.75. The third-order valence-corrected chi connectivity index (χ3v) is 3.29. The van der Waals surface area contributed by atoms with Gasteiger partial charge in [0.05, 0.1) is 13.2 Å². The van der Waals surface area contributed by atoms with Crippen LogP contribution in [0.25, 0.3) is 0 Å². The van der Waals surface area contributed by atoms with Gasteiger partial charge in [-0.15, -0.1) is 0 Å². The average molecular weight is 264 g/mol. The standard InChI is InChI=1S/C16H28N2O/c1-4-17-13-15-8-7-9-16(12-15)14-19-11-10-18(5-2)6-3/h7-9,12,17H,4-6,10-11,13-14H2,1-3H3. The van der Waals surface area contributed by atoms with E-state index in [1.165, 1.54) is 11.1 Å². The molecule has 0 saturated heterocycles. The summed E-state index contributed by atoms with van der Waals surface area (Å²) in [6.45, 7) is 13.2. The third-order valence-electron chi connectivity index (χ3n) is 3.29. The van der Waals surface area contributed by atoms with Gasteiger partial charge in [-0.05, 0) is 30.8 Å². The lowest BCUT2D eigenvalue weighted by Crippen LogP contribution is -2.26. The molecule has 1 aromatic carbocycles. The first-order valence-corrected chi connectivity index (χ1v) is 7.38. The minimum atomic E-state index is 0.710. The summed E-state index contributed by atoms with van der Waals surface area (Å²) in [7, 11) is 0. The van der Waals surface area contributed by atoms with Gasteiger partial charge in [-0.1, -0.05) is 45.0 Å². The monoisotopic (exact) mass is 264 g/mol. The Morgan fingerprint density at radius 2 is 1.84 bits per heavy atom.